The second-order valence-electron chi connectivity index (χ2n) is 5.06. The fourth-order valence-electron chi connectivity index (χ4n) is 2.30. The minimum atomic E-state index is -1.01. The number of ketones is 2. The number of ether oxygens (including phenoxy) is 3. The summed E-state index contributed by atoms with van der Waals surface area (Å²) in [7, 11) is 4.21. The fraction of sp³-hybridized carbons (Fsp3) is 0.222. The van der Waals surface area contributed by atoms with E-state index in [1.165, 1.54) is 33.5 Å². The molecule has 132 valence electrons. The summed E-state index contributed by atoms with van der Waals surface area (Å²) >= 11 is 0. The second kappa shape index (κ2) is 7.74. The van der Waals surface area contributed by atoms with Gasteiger partial charge in [-0.3, -0.25) is 9.59 Å². The van der Waals surface area contributed by atoms with E-state index in [1.807, 2.05) is 0 Å². The first-order valence-corrected chi connectivity index (χ1v) is 7.22. The molecule has 7 heteroatoms. The summed E-state index contributed by atoms with van der Waals surface area (Å²) < 4.78 is 42.0. The first-order valence-electron chi connectivity index (χ1n) is 7.22. The Morgan fingerprint density at radius 1 is 0.880 bits per heavy atom. The Bertz CT molecular complexity index is 792. The van der Waals surface area contributed by atoms with Crippen molar-refractivity contribution >= 4 is 11.6 Å². The highest BCUT2D eigenvalue weighted by Crippen LogP contribution is 2.38. The third-order valence-corrected chi connectivity index (χ3v) is 3.54. The number of hydrogen-bond acceptors (Lipinski definition) is 5. The van der Waals surface area contributed by atoms with Crippen molar-refractivity contribution in [1.82, 2.24) is 0 Å². The van der Waals surface area contributed by atoms with E-state index in [9.17, 15) is 18.4 Å². The molecule has 0 saturated carbocycles. The number of carbonyl (C=O) groups is 2. The lowest BCUT2D eigenvalue weighted by molar-refractivity contribution is 0.0891. The molecular weight excluding hydrogens is 334 g/mol. The molecule has 0 N–H and O–H groups in total. The molecule has 0 unspecified atom stereocenters. The highest BCUT2D eigenvalue weighted by molar-refractivity contribution is 6.13. The van der Waals surface area contributed by atoms with Gasteiger partial charge in [0.15, 0.2) is 23.1 Å². The van der Waals surface area contributed by atoms with Gasteiger partial charge in [-0.05, 0) is 24.3 Å². The maximum atomic E-state index is 13.7. The molecule has 2 aromatic rings. The molecule has 0 saturated heterocycles. The van der Waals surface area contributed by atoms with Crippen LogP contribution in [0.15, 0.2) is 30.3 Å². The van der Waals surface area contributed by atoms with Gasteiger partial charge >= 0.3 is 0 Å². The van der Waals surface area contributed by atoms with E-state index in [0.29, 0.717) is 11.8 Å². The lowest BCUT2D eigenvalue weighted by Gasteiger charge is -2.13. The predicted octanol–water partition coefficient (Wildman–Crippen LogP) is 3.45. The van der Waals surface area contributed by atoms with E-state index in [-0.39, 0.29) is 22.6 Å². The van der Waals surface area contributed by atoms with Crippen LogP contribution in [0.4, 0.5) is 8.78 Å². The van der Waals surface area contributed by atoms with Gasteiger partial charge in [0.05, 0.1) is 33.3 Å². The highest BCUT2D eigenvalue weighted by Gasteiger charge is 2.21. The monoisotopic (exact) mass is 350 g/mol. The maximum Gasteiger partial charge on any atom is 0.203 e. The highest BCUT2D eigenvalue weighted by atomic mass is 19.1. The van der Waals surface area contributed by atoms with Gasteiger partial charge in [0.25, 0.3) is 0 Å². The number of rotatable bonds is 7. The van der Waals surface area contributed by atoms with E-state index in [2.05, 4.69) is 0 Å². The number of methoxy groups -OCH3 is 3. The average Bonchev–Trinajstić information content (AvgIpc) is 2.59. The zero-order valence-electron chi connectivity index (χ0n) is 13.9. The molecule has 0 amide bonds. The summed E-state index contributed by atoms with van der Waals surface area (Å²) in [6.45, 7) is 0. The molecule has 2 aromatic carbocycles. The molecule has 0 fully saturated rings. The summed E-state index contributed by atoms with van der Waals surface area (Å²) in [4.78, 5) is 24.5. The molecular formula is C18H16F2O5. The van der Waals surface area contributed by atoms with Gasteiger partial charge in [-0.15, -0.1) is 0 Å². The number of carbonyl (C=O) groups excluding carboxylic acids is 2. The van der Waals surface area contributed by atoms with Crippen molar-refractivity contribution < 1.29 is 32.6 Å². The first-order chi connectivity index (χ1) is 11.9. The zero-order valence-corrected chi connectivity index (χ0v) is 13.9. The van der Waals surface area contributed by atoms with E-state index < -0.39 is 29.6 Å². The SMILES string of the molecule is COc1cc(C(=O)CC(=O)c2ccc(F)cc2F)cc(OC)c1OC. The molecule has 5 nitrogen and oxygen atoms in total. The lowest BCUT2D eigenvalue weighted by atomic mass is 10.0. The van der Waals surface area contributed by atoms with Crippen LogP contribution >= 0.6 is 0 Å². The summed E-state index contributed by atoms with van der Waals surface area (Å²) in [5.74, 6) is -2.31. The van der Waals surface area contributed by atoms with Gasteiger partial charge in [-0.2, -0.15) is 0 Å². The van der Waals surface area contributed by atoms with Gasteiger partial charge in [0.2, 0.25) is 5.75 Å². The summed E-state index contributed by atoms with van der Waals surface area (Å²) in [6, 6.07) is 5.36. The lowest BCUT2D eigenvalue weighted by Crippen LogP contribution is -2.11. The van der Waals surface area contributed by atoms with Crippen molar-refractivity contribution in [1.29, 1.82) is 0 Å². The predicted molar refractivity (Wildman–Crippen MR) is 85.7 cm³/mol. The van der Waals surface area contributed by atoms with Crippen LogP contribution in [-0.2, 0) is 0 Å². The Kier molecular flexibility index (Phi) is 5.69. The minimum Gasteiger partial charge on any atom is -0.493 e. The molecule has 0 atom stereocenters. The third-order valence-electron chi connectivity index (χ3n) is 3.54. The number of benzene rings is 2. The van der Waals surface area contributed by atoms with Crippen LogP contribution in [-0.4, -0.2) is 32.9 Å². The Labute approximate surface area is 143 Å². The van der Waals surface area contributed by atoms with Gasteiger partial charge in [0, 0.05) is 11.6 Å². The molecule has 2 rings (SSSR count). The minimum absolute atomic E-state index is 0.144. The molecule has 0 bridgehead atoms. The Morgan fingerprint density at radius 3 is 1.96 bits per heavy atom. The number of Topliss-reactive ketones (excluding diaryl/α,β-unsaturated/α-hetero) is 2. The number of halogens is 2. The van der Waals surface area contributed by atoms with E-state index >= 15 is 0 Å². The Hall–Kier alpha value is -2.96. The van der Waals surface area contributed by atoms with Crippen LogP contribution in [0.5, 0.6) is 17.2 Å². The smallest absolute Gasteiger partial charge is 0.203 e. The van der Waals surface area contributed by atoms with E-state index in [1.54, 1.807) is 0 Å². The van der Waals surface area contributed by atoms with Crippen molar-refractivity contribution in [2.45, 2.75) is 6.42 Å². The largest absolute Gasteiger partial charge is 0.493 e. The van der Waals surface area contributed by atoms with Gasteiger partial charge in [0.1, 0.15) is 11.6 Å². The van der Waals surface area contributed by atoms with E-state index in [0.717, 1.165) is 12.1 Å². The van der Waals surface area contributed by atoms with Crippen LogP contribution in [0, 0.1) is 11.6 Å². The molecule has 0 radical (unpaired) electrons. The van der Waals surface area contributed by atoms with Crippen molar-refractivity contribution in [2.24, 2.45) is 0 Å². The van der Waals surface area contributed by atoms with Crippen LogP contribution in [0.25, 0.3) is 0 Å². The molecule has 0 aliphatic carbocycles. The second-order valence-corrected chi connectivity index (χ2v) is 5.06. The van der Waals surface area contributed by atoms with Gasteiger partial charge < -0.3 is 14.2 Å². The van der Waals surface area contributed by atoms with Crippen molar-refractivity contribution in [2.75, 3.05) is 21.3 Å². The molecule has 0 aliphatic heterocycles. The molecule has 0 heterocycles. The van der Waals surface area contributed by atoms with Crippen molar-refractivity contribution in [3.05, 3.63) is 53.1 Å². The van der Waals surface area contributed by atoms with Crippen LogP contribution in [0.2, 0.25) is 0 Å². The maximum absolute atomic E-state index is 13.7. The van der Waals surface area contributed by atoms with Crippen LogP contribution < -0.4 is 14.2 Å². The summed E-state index contributed by atoms with van der Waals surface area (Å²) in [5, 5.41) is 0. The van der Waals surface area contributed by atoms with Crippen molar-refractivity contribution in [3.8, 4) is 17.2 Å². The van der Waals surface area contributed by atoms with Crippen LogP contribution in [0.1, 0.15) is 27.1 Å². The van der Waals surface area contributed by atoms with Crippen LogP contribution in [0.3, 0.4) is 0 Å². The zero-order chi connectivity index (χ0) is 18.6. The van der Waals surface area contributed by atoms with Gasteiger partial charge in [-0.25, -0.2) is 8.78 Å². The molecule has 0 spiro atoms. The molecule has 0 aromatic heterocycles. The summed E-state index contributed by atoms with van der Waals surface area (Å²) in [5.41, 5.74) is -0.201. The fourth-order valence-corrected chi connectivity index (χ4v) is 2.30. The van der Waals surface area contributed by atoms with Gasteiger partial charge in [-0.1, -0.05) is 0 Å². The molecule has 25 heavy (non-hydrogen) atoms. The molecule has 0 aliphatic rings. The summed E-state index contributed by atoms with van der Waals surface area (Å²) in [6.07, 6.45) is -0.582. The quantitative estimate of drug-likeness (QED) is 0.565. The normalized spacial score (nSPS) is 10.3. The standard InChI is InChI=1S/C18H16F2O5/c1-23-16-6-10(7-17(24-2)18(16)25-3)14(21)9-15(22)12-5-4-11(19)8-13(12)20/h4-8H,9H2,1-3H3. The third kappa shape index (κ3) is 3.93. The Morgan fingerprint density at radius 2 is 1.48 bits per heavy atom. The average molecular weight is 350 g/mol. The Balaban J connectivity index is 2.30. The van der Waals surface area contributed by atoms with E-state index in [4.69, 9.17) is 14.2 Å². The topological polar surface area (TPSA) is 61.8 Å². The number of hydrogen-bond donors (Lipinski definition) is 0. The van der Waals surface area contributed by atoms with Crippen molar-refractivity contribution in [3.63, 3.8) is 0 Å². The first kappa shape index (κ1) is 18.4.